The summed E-state index contributed by atoms with van der Waals surface area (Å²) in [5, 5.41) is 9.72. The molecular weight excluding hydrogens is 456 g/mol. The Balaban J connectivity index is 1.75. The number of hydrogen-bond acceptors (Lipinski definition) is 6. The summed E-state index contributed by atoms with van der Waals surface area (Å²) in [6, 6.07) is 6.81. The molecule has 1 aromatic heterocycles. The molecule has 3 N–H and O–H groups in total. The Hall–Kier alpha value is -2.85. The first-order valence-corrected chi connectivity index (χ1v) is 13.1. The zero-order valence-electron chi connectivity index (χ0n) is 19.5. The van der Waals surface area contributed by atoms with Gasteiger partial charge in [-0.1, -0.05) is 32.0 Å². The molecule has 0 fully saturated rings. The van der Waals surface area contributed by atoms with Gasteiger partial charge in [0.2, 0.25) is 15.8 Å². The van der Waals surface area contributed by atoms with Gasteiger partial charge in [0, 0.05) is 24.6 Å². The number of rotatable bonds is 7. The average molecular weight is 489 g/mol. The maximum absolute atomic E-state index is 13.2. The van der Waals surface area contributed by atoms with Gasteiger partial charge in [-0.15, -0.1) is 0 Å². The number of nitrogens with one attached hydrogen (secondary N) is 3. The molecule has 9 nitrogen and oxygen atoms in total. The van der Waals surface area contributed by atoms with Gasteiger partial charge in [-0.3, -0.25) is 19.5 Å². The molecule has 0 radical (unpaired) electrons. The Labute approximate surface area is 200 Å². The number of carbonyl (C=O) groups is 3. The van der Waals surface area contributed by atoms with E-state index < -0.39 is 39.5 Å². The summed E-state index contributed by atoms with van der Waals surface area (Å²) in [6.07, 6.45) is 4.58. The van der Waals surface area contributed by atoms with E-state index in [9.17, 15) is 22.8 Å². The lowest BCUT2D eigenvalue weighted by Crippen LogP contribution is -2.46. The van der Waals surface area contributed by atoms with E-state index in [0.29, 0.717) is 32.2 Å². The number of nitrogens with zero attached hydrogens (tertiary/aromatic N) is 1. The van der Waals surface area contributed by atoms with Crippen molar-refractivity contribution in [2.45, 2.75) is 63.3 Å². The van der Waals surface area contributed by atoms with Crippen LogP contribution in [0.15, 0.2) is 41.4 Å². The Morgan fingerprint density at radius 3 is 2.59 bits per heavy atom. The van der Waals surface area contributed by atoms with Gasteiger partial charge in [-0.25, -0.2) is 13.1 Å². The maximum atomic E-state index is 13.2. The van der Waals surface area contributed by atoms with Crippen LogP contribution in [0, 0.1) is 11.8 Å². The summed E-state index contributed by atoms with van der Waals surface area (Å²) in [5.41, 5.74) is 2.09. The fourth-order valence-electron chi connectivity index (χ4n) is 4.15. The second-order valence-electron chi connectivity index (χ2n) is 9.01. The van der Waals surface area contributed by atoms with Crippen LogP contribution in [-0.2, 0) is 37.2 Å². The predicted octanol–water partition coefficient (Wildman–Crippen LogP) is 1.94. The lowest BCUT2D eigenvalue weighted by molar-refractivity contribution is -0.141. The van der Waals surface area contributed by atoms with Crippen molar-refractivity contribution in [3.63, 3.8) is 0 Å². The van der Waals surface area contributed by atoms with Gasteiger partial charge >= 0.3 is 0 Å². The Morgan fingerprint density at radius 2 is 1.88 bits per heavy atom. The highest BCUT2D eigenvalue weighted by atomic mass is 32.2. The van der Waals surface area contributed by atoms with E-state index >= 15 is 0 Å². The second-order valence-corrected chi connectivity index (χ2v) is 10.7. The van der Waals surface area contributed by atoms with Gasteiger partial charge in [-0.2, -0.15) is 5.10 Å². The Morgan fingerprint density at radius 1 is 1.15 bits per heavy atom. The molecule has 0 saturated heterocycles. The van der Waals surface area contributed by atoms with Crippen molar-refractivity contribution >= 4 is 27.5 Å². The van der Waals surface area contributed by atoms with Crippen LogP contribution in [0.2, 0.25) is 0 Å². The first-order valence-electron chi connectivity index (χ1n) is 11.6. The fourth-order valence-corrected chi connectivity index (χ4v) is 5.54. The van der Waals surface area contributed by atoms with Gasteiger partial charge < -0.3 is 5.32 Å². The van der Waals surface area contributed by atoms with Crippen molar-refractivity contribution < 1.29 is 22.8 Å². The number of aromatic amines is 1. The molecule has 0 saturated carbocycles. The zero-order chi connectivity index (χ0) is 24.7. The number of aryl methyl sites for hydroxylation is 2. The molecule has 1 aliphatic rings. The van der Waals surface area contributed by atoms with Crippen LogP contribution in [-0.4, -0.2) is 48.7 Å². The number of H-pyrrole nitrogens is 1. The van der Waals surface area contributed by atoms with Gasteiger partial charge in [0.15, 0.2) is 5.78 Å². The van der Waals surface area contributed by atoms with E-state index in [1.807, 2.05) is 0 Å². The summed E-state index contributed by atoms with van der Waals surface area (Å²) in [4.78, 5) is 38.6. The van der Waals surface area contributed by atoms with Gasteiger partial charge in [0.05, 0.1) is 17.1 Å². The van der Waals surface area contributed by atoms with Crippen LogP contribution in [0.4, 0.5) is 0 Å². The SMILES string of the molecule is CC(C)C(NS(=O)(=O)c1ccccc1)C(=O)CC1CCCc2cn[nH]c2CCCNC(=O)C1=O. The number of hydrogen-bond donors (Lipinski definition) is 3. The van der Waals surface area contributed by atoms with Crippen molar-refractivity contribution in [2.24, 2.45) is 11.8 Å². The first kappa shape index (κ1) is 25.8. The van der Waals surface area contributed by atoms with E-state index in [2.05, 4.69) is 20.2 Å². The number of carbonyl (C=O) groups excluding carboxylic acids is 3. The quantitative estimate of drug-likeness (QED) is 0.509. The van der Waals surface area contributed by atoms with Crippen LogP contribution >= 0.6 is 0 Å². The van der Waals surface area contributed by atoms with Gasteiger partial charge in [-0.05, 0) is 55.7 Å². The van der Waals surface area contributed by atoms with Crippen LogP contribution in [0.3, 0.4) is 0 Å². The van der Waals surface area contributed by atoms with Crippen molar-refractivity contribution in [1.29, 1.82) is 0 Å². The molecule has 2 unspecified atom stereocenters. The van der Waals surface area contributed by atoms with Crippen molar-refractivity contribution in [3.05, 3.63) is 47.8 Å². The smallest absolute Gasteiger partial charge is 0.287 e. The summed E-state index contributed by atoms with van der Waals surface area (Å²) in [7, 11) is -3.92. The maximum Gasteiger partial charge on any atom is 0.287 e. The highest BCUT2D eigenvalue weighted by molar-refractivity contribution is 7.89. The monoisotopic (exact) mass is 488 g/mol. The minimum atomic E-state index is -3.92. The third-order valence-corrected chi connectivity index (χ3v) is 7.54. The molecule has 1 amide bonds. The van der Waals surface area contributed by atoms with Crippen molar-refractivity contribution in [3.8, 4) is 0 Å². The molecule has 0 spiro atoms. The second kappa shape index (κ2) is 11.5. The number of fused-ring (bicyclic) bond motifs is 1. The number of aromatic nitrogens is 2. The van der Waals surface area contributed by atoms with Gasteiger partial charge in [0.25, 0.3) is 5.91 Å². The summed E-state index contributed by atoms with van der Waals surface area (Å²) >= 11 is 0. The van der Waals surface area contributed by atoms with E-state index in [-0.39, 0.29) is 17.2 Å². The van der Waals surface area contributed by atoms with E-state index in [4.69, 9.17) is 0 Å². The number of Topliss-reactive ketones (excluding diaryl/α,β-unsaturated/α-hetero) is 2. The topological polar surface area (TPSA) is 138 Å². The number of amides is 1. The van der Waals surface area contributed by atoms with Crippen LogP contribution < -0.4 is 10.0 Å². The van der Waals surface area contributed by atoms with Crippen LogP contribution in [0.5, 0.6) is 0 Å². The number of sulfonamides is 1. The van der Waals surface area contributed by atoms with E-state index in [1.54, 1.807) is 38.2 Å². The molecule has 10 heteroatoms. The molecular formula is C24H32N4O5S. The minimum Gasteiger partial charge on any atom is -0.349 e. The summed E-state index contributed by atoms with van der Waals surface area (Å²) in [6.45, 7) is 3.83. The average Bonchev–Trinajstić information content (AvgIpc) is 3.25. The first-order chi connectivity index (χ1) is 16.2. The normalized spacial score (nSPS) is 19.0. The largest absolute Gasteiger partial charge is 0.349 e. The lowest BCUT2D eigenvalue weighted by Gasteiger charge is -2.23. The third kappa shape index (κ3) is 6.60. The highest BCUT2D eigenvalue weighted by Gasteiger charge is 2.33. The molecule has 2 heterocycles. The fraction of sp³-hybridized carbons (Fsp3) is 0.500. The van der Waals surface area contributed by atoms with E-state index in [1.165, 1.54) is 12.1 Å². The van der Waals surface area contributed by atoms with Crippen LogP contribution in [0.25, 0.3) is 0 Å². The molecule has 1 aromatic carbocycles. The Bertz CT molecular complexity index is 1110. The Kier molecular flexibility index (Phi) is 8.73. The summed E-state index contributed by atoms with van der Waals surface area (Å²) in [5.74, 6) is -2.89. The number of ketones is 2. The third-order valence-electron chi connectivity index (χ3n) is 6.09. The van der Waals surface area contributed by atoms with Crippen molar-refractivity contribution in [1.82, 2.24) is 20.2 Å². The van der Waals surface area contributed by atoms with Crippen molar-refractivity contribution in [2.75, 3.05) is 6.54 Å². The lowest BCUT2D eigenvalue weighted by atomic mass is 9.86. The molecule has 0 bridgehead atoms. The highest BCUT2D eigenvalue weighted by Crippen LogP contribution is 2.21. The molecule has 184 valence electrons. The minimum absolute atomic E-state index is 0.0610. The van der Waals surface area contributed by atoms with Gasteiger partial charge in [0.1, 0.15) is 0 Å². The molecule has 1 aliphatic heterocycles. The molecule has 2 aromatic rings. The number of benzene rings is 1. The molecule has 34 heavy (non-hydrogen) atoms. The molecule has 3 rings (SSSR count). The van der Waals surface area contributed by atoms with Crippen LogP contribution in [0.1, 0.15) is 50.8 Å². The zero-order valence-corrected chi connectivity index (χ0v) is 20.4. The van der Waals surface area contributed by atoms with E-state index in [0.717, 1.165) is 17.7 Å². The predicted molar refractivity (Wildman–Crippen MR) is 126 cm³/mol. The molecule has 2 atom stereocenters. The molecule has 0 aliphatic carbocycles. The standard InChI is InChI=1S/C24H32N4O5S/c1-16(2)22(28-34(32,33)19-10-4-3-5-11-19)21(29)14-17-8-6-9-18-15-26-27-20(18)12-7-13-25-24(31)23(17)30/h3-5,10-11,15-17,22,28H,6-9,12-14H2,1-2H3,(H,25,31)(H,26,27). The summed E-state index contributed by atoms with van der Waals surface area (Å²) < 4.78 is 28.1.